The second-order valence-corrected chi connectivity index (χ2v) is 6.23. The minimum Gasteiger partial charge on any atom is -0.494 e. The molecule has 0 aliphatic carbocycles. The Bertz CT molecular complexity index is 761. The van der Waals surface area contributed by atoms with Gasteiger partial charge in [0.1, 0.15) is 11.8 Å². The number of amides is 2. The van der Waals surface area contributed by atoms with Crippen LogP contribution in [0.3, 0.4) is 0 Å². The van der Waals surface area contributed by atoms with E-state index in [1.54, 1.807) is 24.3 Å². The summed E-state index contributed by atoms with van der Waals surface area (Å²) in [6.45, 7) is 2.47. The molecular weight excluding hydrogens is 372 g/mol. The van der Waals surface area contributed by atoms with Crippen LogP contribution < -0.4 is 15.0 Å². The van der Waals surface area contributed by atoms with Crippen molar-refractivity contribution in [3.8, 4) is 5.75 Å². The van der Waals surface area contributed by atoms with E-state index in [4.69, 9.17) is 4.74 Å². The molecule has 1 unspecified atom stereocenters. The summed E-state index contributed by atoms with van der Waals surface area (Å²) in [6, 6.07) is 13.9. The lowest BCUT2D eigenvalue weighted by Gasteiger charge is -2.17. The summed E-state index contributed by atoms with van der Waals surface area (Å²) < 4.78 is 6.24. The zero-order valence-corrected chi connectivity index (χ0v) is 14.7. The first-order valence-electron chi connectivity index (χ1n) is 7.71. The molecule has 2 aromatic rings. The molecular formula is C18H17BrN2O3. The molecule has 24 heavy (non-hydrogen) atoms. The lowest BCUT2D eigenvalue weighted by Crippen LogP contribution is -2.34. The van der Waals surface area contributed by atoms with Gasteiger partial charge in [0, 0.05) is 10.2 Å². The van der Waals surface area contributed by atoms with E-state index in [1.165, 1.54) is 4.90 Å². The smallest absolute Gasteiger partial charge is 0.256 e. The van der Waals surface area contributed by atoms with Crippen LogP contribution in [-0.2, 0) is 9.59 Å². The molecule has 1 N–H and O–H groups in total. The first kappa shape index (κ1) is 16.5. The summed E-state index contributed by atoms with van der Waals surface area (Å²) in [4.78, 5) is 26.2. The molecule has 0 saturated carbocycles. The molecule has 3 rings (SSSR count). The molecule has 1 saturated heterocycles. The predicted molar refractivity (Wildman–Crippen MR) is 96.3 cm³/mol. The maximum Gasteiger partial charge on any atom is 0.256 e. The number of nitrogens with zero attached hydrogens (tertiary/aromatic N) is 1. The average molecular weight is 389 g/mol. The van der Waals surface area contributed by atoms with Gasteiger partial charge in [0.25, 0.3) is 5.91 Å². The number of benzene rings is 2. The van der Waals surface area contributed by atoms with Gasteiger partial charge in [-0.15, -0.1) is 0 Å². The summed E-state index contributed by atoms with van der Waals surface area (Å²) in [5.41, 5.74) is 1.35. The number of hydrogen-bond acceptors (Lipinski definition) is 4. The highest BCUT2D eigenvalue weighted by molar-refractivity contribution is 9.10. The molecule has 1 fully saturated rings. The first-order valence-corrected chi connectivity index (χ1v) is 8.50. The van der Waals surface area contributed by atoms with Gasteiger partial charge in [-0.25, -0.2) is 4.90 Å². The number of carbonyl (C=O) groups excluding carboxylic acids is 2. The third-order valence-corrected chi connectivity index (χ3v) is 4.45. The van der Waals surface area contributed by atoms with E-state index < -0.39 is 6.04 Å². The van der Waals surface area contributed by atoms with Crippen LogP contribution in [0.4, 0.5) is 11.4 Å². The Kier molecular flexibility index (Phi) is 4.85. The van der Waals surface area contributed by atoms with Gasteiger partial charge in [-0.2, -0.15) is 0 Å². The van der Waals surface area contributed by atoms with Gasteiger partial charge < -0.3 is 10.1 Å². The van der Waals surface area contributed by atoms with E-state index in [1.807, 2.05) is 31.2 Å². The number of halogens is 1. The molecule has 0 radical (unpaired) electrons. The number of carbonyl (C=O) groups is 2. The van der Waals surface area contributed by atoms with Gasteiger partial charge in [-0.1, -0.05) is 12.1 Å². The standard InChI is InChI=1S/C18H17BrN2O3/c1-2-24-13-9-7-12(8-10-13)21-17(22)11-16(18(21)23)20-15-6-4-3-5-14(15)19/h3-10,16,20H,2,11H2,1H3. The fraction of sp³-hybridized carbons (Fsp3) is 0.222. The van der Waals surface area contributed by atoms with Gasteiger partial charge in [-0.3, -0.25) is 9.59 Å². The highest BCUT2D eigenvalue weighted by atomic mass is 79.9. The van der Waals surface area contributed by atoms with Crippen LogP contribution in [0.25, 0.3) is 0 Å². The summed E-state index contributed by atoms with van der Waals surface area (Å²) >= 11 is 3.44. The normalized spacial score (nSPS) is 17.2. The topological polar surface area (TPSA) is 58.6 Å². The lowest BCUT2D eigenvalue weighted by molar-refractivity contribution is -0.121. The largest absolute Gasteiger partial charge is 0.494 e. The van der Waals surface area contributed by atoms with E-state index in [0.717, 1.165) is 10.2 Å². The van der Waals surface area contributed by atoms with E-state index in [0.29, 0.717) is 18.0 Å². The van der Waals surface area contributed by atoms with Gasteiger partial charge >= 0.3 is 0 Å². The molecule has 1 aliphatic heterocycles. The van der Waals surface area contributed by atoms with E-state index in [9.17, 15) is 9.59 Å². The number of nitrogens with one attached hydrogen (secondary N) is 1. The predicted octanol–water partition coefficient (Wildman–Crippen LogP) is 3.59. The Labute approximate surface area is 148 Å². The summed E-state index contributed by atoms with van der Waals surface area (Å²) in [6.07, 6.45) is 0.132. The second kappa shape index (κ2) is 7.05. The van der Waals surface area contributed by atoms with Crippen molar-refractivity contribution in [2.45, 2.75) is 19.4 Å². The van der Waals surface area contributed by atoms with Gasteiger partial charge in [0.2, 0.25) is 5.91 Å². The maximum atomic E-state index is 12.6. The van der Waals surface area contributed by atoms with Crippen molar-refractivity contribution >= 4 is 39.1 Å². The van der Waals surface area contributed by atoms with Crippen LogP contribution in [0, 0.1) is 0 Å². The fourth-order valence-electron chi connectivity index (χ4n) is 2.64. The Morgan fingerprint density at radius 1 is 1.17 bits per heavy atom. The van der Waals surface area contributed by atoms with Crippen molar-refractivity contribution in [1.29, 1.82) is 0 Å². The highest BCUT2D eigenvalue weighted by Crippen LogP contribution is 2.28. The average Bonchev–Trinajstić information content (AvgIpc) is 2.85. The van der Waals surface area contributed by atoms with Crippen molar-refractivity contribution in [2.24, 2.45) is 0 Å². The van der Waals surface area contributed by atoms with Crippen LogP contribution in [0.1, 0.15) is 13.3 Å². The van der Waals surface area contributed by atoms with Gasteiger partial charge in [-0.05, 0) is 59.3 Å². The molecule has 2 amide bonds. The highest BCUT2D eigenvalue weighted by Gasteiger charge is 2.39. The molecule has 1 heterocycles. The first-order chi connectivity index (χ1) is 11.6. The zero-order valence-electron chi connectivity index (χ0n) is 13.2. The van der Waals surface area contributed by atoms with Crippen molar-refractivity contribution < 1.29 is 14.3 Å². The van der Waals surface area contributed by atoms with Crippen molar-refractivity contribution in [2.75, 3.05) is 16.8 Å². The van der Waals surface area contributed by atoms with Gasteiger partial charge in [0.05, 0.1) is 18.7 Å². The second-order valence-electron chi connectivity index (χ2n) is 5.38. The minimum atomic E-state index is -0.567. The van der Waals surface area contributed by atoms with Gasteiger partial charge in [0.15, 0.2) is 0 Å². The quantitative estimate of drug-likeness (QED) is 0.795. The summed E-state index contributed by atoms with van der Waals surface area (Å²) in [5.74, 6) is 0.247. The van der Waals surface area contributed by atoms with Crippen LogP contribution in [0.5, 0.6) is 5.75 Å². The molecule has 1 atom stereocenters. The number of anilines is 2. The number of hydrogen-bond donors (Lipinski definition) is 1. The third-order valence-electron chi connectivity index (χ3n) is 3.76. The minimum absolute atomic E-state index is 0.132. The van der Waals surface area contributed by atoms with Crippen molar-refractivity contribution in [3.05, 3.63) is 53.0 Å². The fourth-order valence-corrected chi connectivity index (χ4v) is 3.04. The van der Waals surface area contributed by atoms with Crippen LogP contribution >= 0.6 is 15.9 Å². The molecule has 6 heteroatoms. The molecule has 0 aromatic heterocycles. The summed E-state index contributed by atoms with van der Waals surface area (Å²) in [5, 5.41) is 3.14. The van der Waals surface area contributed by atoms with E-state index in [2.05, 4.69) is 21.2 Å². The Morgan fingerprint density at radius 2 is 1.88 bits per heavy atom. The molecule has 2 aromatic carbocycles. The van der Waals surface area contributed by atoms with Crippen LogP contribution in [0.2, 0.25) is 0 Å². The lowest BCUT2D eigenvalue weighted by atomic mass is 10.2. The number of imide groups is 1. The van der Waals surface area contributed by atoms with E-state index in [-0.39, 0.29) is 18.2 Å². The Morgan fingerprint density at radius 3 is 2.54 bits per heavy atom. The van der Waals surface area contributed by atoms with Crippen molar-refractivity contribution in [1.82, 2.24) is 0 Å². The Hall–Kier alpha value is -2.34. The Balaban J connectivity index is 1.77. The number of rotatable bonds is 5. The molecule has 5 nitrogen and oxygen atoms in total. The van der Waals surface area contributed by atoms with Crippen LogP contribution in [0.15, 0.2) is 53.0 Å². The number of para-hydroxylation sites is 1. The van der Waals surface area contributed by atoms with Crippen LogP contribution in [-0.4, -0.2) is 24.5 Å². The third kappa shape index (κ3) is 3.28. The molecule has 0 bridgehead atoms. The zero-order chi connectivity index (χ0) is 17.1. The van der Waals surface area contributed by atoms with E-state index >= 15 is 0 Å². The monoisotopic (exact) mass is 388 g/mol. The SMILES string of the molecule is CCOc1ccc(N2C(=O)CC(Nc3ccccc3Br)C2=O)cc1. The molecule has 124 valence electrons. The number of ether oxygens (including phenoxy) is 1. The summed E-state index contributed by atoms with van der Waals surface area (Å²) in [7, 11) is 0. The van der Waals surface area contributed by atoms with Crippen molar-refractivity contribution in [3.63, 3.8) is 0 Å². The molecule has 0 spiro atoms. The molecule has 1 aliphatic rings. The maximum absolute atomic E-state index is 12.6.